The SMILES string of the molecule is Cc1ccc2c(C(=O)N3CC4CC5CC4C3C5O)cc(-c3cnn(C)c3)nc2c1C. The molecule has 1 aromatic carbocycles. The Kier molecular flexibility index (Phi) is 3.70. The van der Waals surface area contributed by atoms with Gasteiger partial charge in [-0.25, -0.2) is 4.98 Å². The van der Waals surface area contributed by atoms with Gasteiger partial charge in [0.25, 0.3) is 5.91 Å². The topological polar surface area (TPSA) is 71.2 Å². The lowest BCUT2D eigenvalue weighted by atomic mass is 9.88. The molecule has 3 aromatic rings. The molecular formula is C24H26N4O2. The number of aromatic nitrogens is 3. The molecule has 2 bridgehead atoms. The Morgan fingerprint density at radius 3 is 2.77 bits per heavy atom. The maximum absolute atomic E-state index is 13.9. The van der Waals surface area contributed by atoms with Gasteiger partial charge in [-0.3, -0.25) is 9.48 Å². The van der Waals surface area contributed by atoms with Crippen LogP contribution < -0.4 is 0 Å². The smallest absolute Gasteiger partial charge is 0.254 e. The number of pyridine rings is 1. The summed E-state index contributed by atoms with van der Waals surface area (Å²) in [5.74, 6) is 1.40. The summed E-state index contributed by atoms with van der Waals surface area (Å²) in [4.78, 5) is 20.7. The Morgan fingerprint density at radius 1 is 1.20 bits per heavy atom. The molecule has 3 aliphatic rings. The van der Waals surface area contributed by atoms with Gasteiger partial charge < -0.3 is 10.0 Å². The van der Waals surface area contributed by atoms with Crippen molar-refractivity contribution in [3.63, 3.8) is 0 Å². The molecule has 30 heavy (non-hydrogen) atoms. The molecule has 5 atom stereocenters. The van der Waals surface area contributed by atoms with Crippen molar-refractivity contribution < 1.29 is 9.90 Å². The van der Waals surface area contributed by atoms with E-state index >= 15 is 0 Å². The number of hydrogen-bond donors (Lipinski definition) is 1. The van der Waals surface area contributed by atoms with Crippen molar-refractivity contribution >= 4 is 16.8 Å². The number of hydrogen-bond acceptors (Lipinski definition) is 4. The lowest BCUT2D eigenvalue weighted by Gasteiger charge is -2.29. The average Bonchev–Trinajstić information content (AvgIpc) is 3.46. The summed E-state index contributed by atoms with van der Waals surface area (Å²) in [5.41, 5.74) is 5.46. The third-order valence-corrected chi connectivity index (χ3v) is 7.85. The van der Waals surface area contributed by atoms with E-state index in [0.717, 1.165) is 52.7 Å². The molecule has 5 unspecified atom stereocenters. The van der Waals surface area contributed by atoms with Crippen LogP contribution in [0.25, 0.3) is 22.2 Å². The largest absolute Gasteiger partial charge is 0.391 e. The van der Waals surface area contributed by atoms with Crippen LogP contribution in [0.5, 0.6) is 0 Å². The number of fused-ring (bicyclic) bond motifs is 2. The highest BCUT2D eigenvalue weighted by molar-refractivity contribution is 6.08. The highest BCUT2D eigenvalue weighted by Crippen LogP contribution is 2.55. The van der Waals surface area contributed by atoms with Crippen molar-refractivity contribution in [2.45, 2.75) is 38.8 Å². The molecule has 2 aromatic heterocycles. The van der Waals surface area contributed by atoms with Crippen LogP contribution in [0.4, 0.5) is 0 Å². The molecule has 154 valence electrons. The summed E-state index contributed by atoms with van der Waals surface area (Å²) in [6, 6.07) is 5.96. The van der Waals surface area contributed by atoms with Gasteiger partial charge >= 0.3 is 0 Å². The number of amides is 1. The molecule has 3 fully saturated rings. The van der Waals surface area contributed by atoms with Crippen LogP contribution in [0.3, 0.4) is 0 Å². The first kappa shape index (κ1) is 18.1. The fourth-order valence-electron chi connectivity index (χ4n) is 6.21. The molecule has 1 saturated heterocycles. The van der Waals surface area contributed by atoms with E-state index in [2.05, 4.69) is 25.0 Å². The van der Waals surface area contributed by atoms with Gasteiger partial charge in [-0.2, -0.15) is 5.10 Å². The summed E-state index contributed by atoms with van der Waals surface area (Å²) < 4.78 is 1.75. The van der Waals surface area contributed by atoms with Gasteiger partial charge in [-0.15, -0.1) is 0 Å². The molecule has 6 nitrogen and oxygen atoms in total. The van der Waals surface area contributed by atoms with E-state index in [4.69, 9.17) is 4.98 Å². The molecule has 0 radical (unpaired) electrons. The molecule has 0 spiro atoms. The van der Waals surface area contributed by atoms with E-state index in [-0.39, 0.29) is 18.1 Å². The molecule has 2 saturated carbocycles. The zero-order chi connectivity index (χ0) is 20.7. The third kappa shape index (κ3) is 2.37. The zero-order valence-corrected chi connectivity index (χ0v) is 17.5. The standard InChI is InChI=1S/C24H26N4O2/c1-12-4-5-17-19(8-20(26-21(17)13(12)2)16-9-25-27(3)10-16)24(30)28-11-15-6-14-7-18(15)22(28)23(14)29/h4-5,8-10,14-15,18,22-23,29H,6-7,11H2,1-3H3. The Bertz CT molecular complexity index is 1200. The number of carbonyl (C=O) groups is 1. The van der Waals surface area contributed by atoms with Crippen molar-refractivity contribution in [2.24, 2.45) is 24.8 Å². The number of aryl methyl sites for hydroxylation is 3. The summed E-state index contributed by atoms with van der Waals surface area (Å²) in [6.07, 6.45) is 5.45. The number of aliphatic hydroxyl groups is 1. The van der Waals surface area contributed by atoms with Gasteiger partial charge in [-0.1, -0.05) is 12.1 Å². The first-order valence-electron chi connectivity index (χ1n) is 10.8. The van der Waals surface area contributed by atoms with Crippen molar-refractivity contribution in [1.29, 1.82) is 0 Å². The minimum Gasteiger partial charge on any atom is -0.391 e. The van der Waals surface area contributed by atoms with E-state index < -0.39 is 0 Å². The fraction of sp³-hybridized carbons (Fsp3) is 0.458. The minimum absolute atomic E-state index is 0.0230. The second kappa shape index (κ2) is 6.14. The van der Waals surface area contributed by atoms with E-state index in [9.17, 15) is 9.90 Å². The predicted molar refractivity (Wildman–Crippen MR) is 114 cm³/mol. The molecule has 6 heteroatoms. The minimum atomic E-state index is -0.382. The van der Waals surface area contributed by atoms with Crippen LogP contribution in [0.15, 0.2) is 30.6 Å². The van der Waals surface area contributed by atoms with E-state index in [0.29, 0.717) is 23.3 Å². The Balaban J connectivity index is 1.51. The first-order chi connectivity index (χ1) is 14.4. The van der Waals surface area contributed by atoms with Crippen LogP contribution in [0.2, 0.25) is 0 Å². The average molecular weight is 402 g/mol. The monoisotopic (exact) mass is 402 g/mol. The summed E-state index contributed by atoms with van der Waals surface area (Å²) >= 11 is 0. The fourth-order valence-corrected chi connectivity index (χ4v) is 6.21. The van der Waals surface area contributed by atoms with E-state index in [1.165, 1.54) is 0 Å². The summed E-state index contributed by atoms with van der Waals surface area (Å²) in [7, 11) is 1.88. The van der Waals surface area contributed by atoms with Gasteiger partial charge in [0, 0.05) is 30.7 Å². The number of rotatable bonds is 2. The number of likely N-dealkylation sites (tertiary alicyclic amines) is 1. The van der Waals surface area contributed by atoms with Crippen LogP contribution in [-0.2, 0) is 7.05 Å². The number of aliphatic hydroxyl groups excluding tert-OH is 1. The van der Waals surface area contributed by atoms with Gasteiger partial charge in [0.1, 0.15) is 0 Å². The summed E-state index contributed by atoms with van der Waals surface area (Å²) in [6.45, 7) is 4.90. The molecule has 1 N–H and O–H groups in total. The van der Waals surface area contributed by atoms with Gasteiger partial charge in [-0.05, 0) is 61.6 Å². The lowest BCUT2D eigenvalue weighted by Crippen LogP contribution is -2.43. The predicted octanol–water partition coefficient (Wildman–Crippen LogP) is 3.09. The van der Waals surface area contributed by atoms with Crippen molar-refractivity contribution in [3.05, 3.63) is 47.3 Å². The normalized spacial score (nSPS) is 29.3. The van der Waals surface area contributed by atoms with E-state index in [1.54, 1.807) is 10.9 Å². The van der Waals surface area contributed by atoms with Gasteiger partial charge in [0.05, 0.1) is 35.1 Å². The van der Waals surface area contributed by atoms with Crippen molar-refractivity contribution in [1.82, 2.24) is 19.7 Å². The Labute approximate surface area is 175 Å². The highest BCUT2D eigenvalue weighted by atomic mass is 16.3. The second-order valence-corrected chi connectivity index (χ2v) is 9.46. The van der Waals surface area contributed by atoms with Crippen LogP contribution in [0, 0.1) is 31.6 Å². The highest BCUT2D eigenvalue weighted by Gasteiger charge is 2.60. The molecule has 1 amide bonds. The summed E-state index contributed by atoms with van der Waals surface area (Å²) in [5, 5.41) is 16.0. The van der Waals surface area contributed by atoms with Gasteiger partial charge in [0.15, 0.2) is 0 Å². The maximum atomic E-state index is 13.9. The number of carbonyl (C=O) groups excluding carboxylic acids is 1. The quantitative estimate of drug-likeness (QED) is 0.715. The number of nitrogens with zero attached hydrogens (tertiary/aromatic N) is 4. The van der Waals surface area contributed by atoms with Crippen LogP contribution in [-0.4, -0.2) is 49.4 Å². The van der Waals surface area contributed by atoms with Crippen molar-refractivity contribution in [2.75, 3.05) is 6.54 Å². The molecule has 2 aliphatic carbocycles. The molecule has 6 rings (SSSR count). The van der Waals surface area contributed by atoms with Crippen LogP contribution >= 0.6 is 0 Å². The maximum Gasteiger partial charge on any atom is 0.254 e. The third-order valence-electron chi connectivity index (χ3n) is 7.85. The molecule has 3 heterocycles. The number of benzene rings is 1. The molecular weight excluding hydrogens is 376 g/mol. The van der Waals surface area contributed by atoms with Gasteiger partial charge in [0.2, 0.25) is 0 Å². The Hall–Kier alpha value is -2.73. The van der Waals surface area contributed by atoms with E-state index in [1.807, 2.05) is 30.3 Å². The Morgan fingerprint density at radius 2 is 2.03 bits per heavy atom. The van der Waals surface area contributed by atoms with Crippen molar-refractivity contribution in [3.8, 4) is 11.3 Å². The zero-order valence-electron chi connectivity index (χ0n) is 17.5. The lowest BCUT2D eigenvalue weighted by molar-refractivity contribution is 0.0403. The van der Waals surface area contributed by atoms with Crippen LogP contribution in [0.1, 0.15) is 34.3 Å². The second-order valence-electron chi connectivity index (χ2n) is 9.46. The molecule has 1 aliphatic heterocycles. The first-order valence-corrected chi connectivity index (χ1v) is 10.8.